The minimum atomic E-state index is -0.482. The topological polar surface area (TPSA) is 89.5 Å². The Kier molecular flexibility index (Phi) is 6.16. The summed E-state index contributed by atoms with van der Waals surface area (Å²) in [7, 11) is 0. The highest BCUT2D eigenvalue weighted by Crippen LogP contribution is 2.17. The number of nitrogens with one attached hydrogen (secondary N) is 1. The molecule has 1 saturated heterocycles. The molecule has 1 N–H and O–H groups in total. The Morgan fingerprint density at radius 1 is 1.55 bits per heavy atom. The van der Waals surface area contributed by atoms with Crippen molar-refractivity contribution in [1.82, 2.24) is 4.90 Å². The third kappa shape index (κ3) is 5.39. The van der Waals surface area contributed by atoms with E-state index in [4.69, 9.17) is 15.4 Å². The number of aliphatic imine (C=N–C) groups is 1. The molecule has 1 rings (SSSR count). The molecule has 1 fully saturated rings. The summed E-state index contributed by atoms with van der Waals surface area (Å²) in [6, 6.07) is 2.23. The van der Waals surface area contributed by atoms with Crippen LogP contribution in [0.2, 0.25) is 0 Å². The van der Waals surface area contributed by atoms with E-state index in [0.717, 1.165) is 0 Å². The first-order valence-electron chi connectivity index (χ1n) is 6.82. The highest BCUT2D eigenvalue weighted by molar-refractivity contribution is 5.77. The Balaban J connectivity index is 2.36. The van der Waals surface area contributed by atoms with E-state index in [1.807, 2.05) is 13.8 Å². The molecule has 0 aliphatic carbocycles. The van der Waals surface area contributed by atoms with E-state index in [-0.39, 0.29) is 18.6 Å². The SMILES string of the molecule is CC(C)(COC(=O)N1CCC(C#N)CC1)N=CCC=N. The fourth-order valence-electron chi connectivity index (χ4n) is 1.91. The lowest BCUT2D eigenvalue weighted by Gasteiger charge is -2.29. The number of carbonyl (C=O) groups is 1. The van der Waals surface area contributed by atoms with Gasteiger partial charge in [0.2, 0.25) is 0 Å². The number of carbonyl (C=O) groups excluding carboxylic acids is 1. The predicted molar refractivity (Wildman–Crippen MR) is 77.2 cm³/mol. The summed E-state index contributed by atoms with van der Waals surface area (Å²) in [5, 5.41) is 15.7. The predicted octanol–water partition coefficient (Wildman–Crippen LogP) is 2.25. The number of ether oxygens (including phenoxy) is 1. The zero-order valence-electron chi connectivity index (χ0n) is 12.1. The molecule has 0 radical (unpaired) electrons. The number of amides is 1. The molecule has 0 spiro atoms. The van der Waals surface area contributed by atoms with Crippen molar-refractivity contribution in [2.24, 2.45) is 10.9 Å². The van der Waals surface area contributed by atoms with E-state index in [1.165, 1.54) is 6.21 Å². The van der Waals surface area contributed by atoms with Crippen molar-refractivity contribution < 1.29 is 9.53 Å². The lowest BCUT2D eigenvalue weighted by molar-refractivity contribution is 0.0775. The van der Waals surface area contributed by atoms with Crippen molar-refractivity contribution in [2.45, 2.75) is 38.6 Å². The van der Waals surface area contributed by atoms with Crippen molar-refractivity contribution in [1.29, 1.82) is 10.7 Å². The lowest BCUT2D eigenvalue weighted by atomic mass is 9.99. The second-order valence-corrected chi connectivity index (χ2v) is 5.51. The Hall–Kier alpha value is -1.90. The molecule has 6 nitrogen and oxygen atoms in total. The maximum Gasteiger partial charge on any atom is 0.409 e. The normalized spacial score (nSPS) is 16.9. The smallest absolute Gasteiger partial charge is 0.409 e. The summed E-state index contributed by atoms with van der Waals surface area (Å²) in [6.45, 7) is 5.12. The number of hydrogen-bond donors (Lipinski definition) is 1. The standard InChI is InChI=1S/C14H22N4O2/c1-14(2,17-7-3-6-15)11-20-13(19)18-8-4-12(10-16)5-9-18/h6-7,12,15H,3-5,8-9,11H2,1-2H3. The molecule has 0 bridgehead atoms. The van der Waals surface area contributed by atoms with Gasteiger partial charge in [0.25, 0.3) is 0 Å². The summed E-state index contributed by atoms with van der Waals surface area (Å²) in [5.41, 5.74) is -0.482. The molecule has 20 heavy (non-hydrogen) atoms. The van der Waals surface area contributed by atoms with E-state index in [9.17, 15) is 4.79 Å². The van der Waals surface area contributed by atoms with Gasteiger partial charge in [0.05, 0.1) is 11.6 Å². The number of likely N-dealkylation sites (tertiary alicyclic amines) is 1. The van der Waals surface area contributed by atoms with Crippen LogP contribution in [0.25, 0.3) is 0 Å². The largest absolute Gasteiger partial charge is 0.447 e. The van der Waals surface area contributed by atoms with Crippen LogP contribution in [-0.4, -0.2) is 48.7 Å². The van der Waals surface area contributed by atoms with E-state index in [1.54, 1.807) is 11.1 Å². The molecule has 0 saturated carbocycles. The van der Waals surface area contributed by atoms with Crippen LogP contribution in [0.3, 0.4) is 0 Å². The van der Waals surface area contributed by atoms with Gasteiger partial charge in [0, 0.05) is 37.9 Å². The van der Waals surface area contributed by atoms with Crippen molar-refractivity contribution in [2.75, 3.05) is 19.7 Å². The summed E-state index contributed by atoms with van der Waals surface area (Å²) in [4.78, 5) is 17.8. The van der Waals surface area contributed by atoms with Gasteiger partial charge in [0.1, 0.15) is 6.61 Å². The zero-order chi connectivity index (χ0) is 15.0. The van der Waals surface area contributed by atoms with Gasteiger partial charge in [-0.3, -0.25) is 4.99 Å². The van der Waals surface area contributed by atoms with Crippen LogP contribution in [0, 0.1) is 22.7 Å². The van der Waals surface area contributed by atoms with E-state index in [0.29, 0.717) is 32.4 Å². The number of rotatable bonds is 5. The Labute approximate surface area is 119 Å². The minimum Gasteiger partial charge on any atom is -0.447 e. The first kappa shape index (κ1) is 16.2. The number of piperidine rings is 1. The van der Waals surface area contributed by atoms with E-state index in [2.05, 4.69) is 11.1 Å². The fraction of sp³-hybridized carbons (Fsp3) is 0.714. The van der Waals surface area contributed by atoms with Crippen LogP contribution in [0.4, 0.5) is 4.79 Å². The van der Waals surface area contributed by atoms with Crippen molar-refractivity contribution in [3.8, 4) is 6.07 Å². The third-order valence-corrected chi connectivity index (χ3v) is 3.15. The lowest BCUT2D eigenvalue weighted by Crippen LogP contribution is -2.40. The van der Waals surface area contributed by atoms with Crippen LogP contribution in [0.15, 0.2) is 4.99 Å². The molecule has 0 aromatic carbocycles. The first-order valence-corrected chi connectivity index (χ1v) is 6.82. The second kappa shape index (κ2) is 7.63. The molecule has 1 amide bonds. The van der Waals surface area contributed by atoms with Gasteiger partial charge in [-0.15, -0.1) is 0 Å². The van der Waals surface area contributed by atoms with Crippen LogP contribution in [0.5, 0.6) is 0 Å². The average molecular weight is 278 g/mol. The molecular weight excluding hydrogens is 256 g/mol. The Bertz CT molecular complexity index is 404. The number of hydrogen-bond acceptors (Lipinski definition) is 5. The van der Waals surface area contributed by atoms with Crippen LogP contribution in [0.1, 0.15) is 33.1 Å². The molecule has 110 valence electrons. The molecule has 6 heteroatoms. The van der Waals surface area contributed by atoms with Crippen LogP contribution < -0.4 is 0 Å². The van der Waals surface area contributed by atoms with Gasteiger partial charge in [0.15, 0.2) is 0 Å². The molecule has 1 aliphatic heterocycles. The quantitative estimate of drug-likeness (QED) is 0.782. The molecular formula is C14H22N4O2. The second-order valence-electron chi connectivity index (χ2n) is 5.51. The maximum atomic E-state index is 11.9. The highest BCUT2D eigenvalue weighted by atomic mass is 16.6. The molecule has 0 aromatic rings. The fourth-order valence-corrected chi connectivity index (χ4v) is 1.91. The molecule has 0 atom stereocenters. The molecule has 1 aliphatic rings. The average Bonchev–Trinajstić information content (AvgIpc) is 2.45. The van der Waals surface area contributed by atoms with E-state index >= 15 is 0 Å². The van der Waals surface area contributed by atoms with Crippen LogP contribution >= 0.6 is 0 Å². The zero-order valence-corrected chi connectivity index (χ0v) is 12.1. The number of nitriles is 1. The van der Waals surface area contributed by atoms with Gasteiger partial charge in [-0.1, -0.05) is 0 Å². The summed E-state index contributed by atoms with van der Waals surface area (Å²) in [6.07, 6.45) is 4.50. The Morgan fingerprint density at radius 2 is 2.20 bits per heavy atom. The van der Waals surface area contributed by atoms with Crippen molar-refractivity contribution in [3.63, 3.8) is 0 Å². The first-order chi connectivity index (χ1) is 9.48. The highest BCUT2D eigenvalue weighted by Gasteiger charge is 2.25. The van der Waals surface area contributed by atoms with Crippen molar-refractivity contribution >= 4 is 18.5 Å². The summed E-state index contributed by atoms with van der Waals surface area (Å²) < 4.78 is 5.28. The van der Waals surface area contributed by atoms with Crippen LogP contribution in [-0.2, 0) is 4.74 Å². The van der Waals surface area contributed by atoms with Gasteiger partial charge in [-0.2, -0.15) is 5.26 Å². The summed E-state index contributed by atoms with van der Waals surface area (Å²) in [5.74, 6) is 0.0567. The number of nitrogens with zero attached hydrogens (tertiary/aromatic N) is 3. The summed E-state index contributed by atoms with van der Waals surface area (Å²) >= 11 is 0. The Morgan fingerprint density at radius 3 is 2.75 bits per heavy atom. The minimum absolute atomic E-state index is 0.0567. The molecule has 1 heterocycles. The molecule has 0 aromatic heterocycles. The molecule has 0 unspecified atom stereocenters. The monoisotopic (exact) mass is 278 g/mol. The van der Waals surface area contributed by atoms with Gasteiger partial charge >= 0.3 is 6.09 Å². The van der Waals surface area contributed by atoms with Gasteiger partial charge in [-0.05, 0) is 26.7 Å². The van der Waals surface area contributed by atoms with Crippen molar-refractivity contribution in [3.05, 3.63) is 0 Å². The third-order valence-electron chi connectivity index (χ3n) is 3.15. The van der Waals surface area contributed by atoms with Gasteiger partial charge in [-0.25, -0.2) is 4.79 Å². The maximum absolute atomic E-state index is 11.9. The van der Waals surface area contributed by atoms with E-state index < -0.39 is 5.54 Å². The van der Waals surface area contributed by atoms with Gasteiger partial charge < -0.3 is 15.0 Å².